The molecular formula is C19H27N3O2. The molecule has 2 aliphatic heterocycles. The Morgan fingerprint density at radius 1 is 1.04 bits per heavy atom. The molecule has 2 heterocycles. The van der Waals surface area contributed by atoms with Crippen molar-refractivity contribution in [2.45, 2.75) is 44.7 Å². The first-order chi connectivity index (χ1) is 11.6. The minimum Gasteiger partial charge on any atom is -0.370 e. The Labute approximate surface area is 143 Å². The SMILES string of the molecule is NC(=O)CC1CCN(C(=O)[C@@H]2CCCN2Cc2ccccc2)CC1. The van der Waals surface area contributed by atoms with Crippen molar-refractivity contribution in [1.82, 2.24) is 9.80 Å². The Morgan fingerprint density at radius 3 is 2.42 bits per heavy atom. The molecule has 2 aliphatic rings. The third-order valence-corrected chi connectivity index (χ3v) is 5.29. The highest BCUT2D eigenvalue weighted by atomic mass is 16.2. The first-order valence-corrected chi connectivity index (χ1v) is 8.98. The molecule has 0 aromatic heterocycles. The van der Waals surface area contributed by atoms with E-state index in [-0.39, 0.29) is 17.9 Å². The number of hydrogen-bond acceptors (Lipinski definition) is 3. The fraction of sp³-hybridized carbons (Fsp3) is 0.579. The topological polar surface area (TPSA) is 66.6 Å². The van der Waals surface area contributed by atoms with Gasteiger partial charge in [0.15, 0.2) is 0 Å². The van der Waals surface area contributed by atoms with Gasteiger partial charge in [-0.05, 0) is 43.7 Å². The molecule has 130 valence electrons. The monoisotopic (exact) mass is 329 g/mol. The Morgan fingerprint density at radius 2 is 1.75 bits per heavy atom. The number of nitrogens with zero attached hydrogens (tertiary/aromatic N) is 2. The standard InChI is InChI=1S/C19H27N3O2/c20-18(23)13-15-8-11-21(12-9-15)19(24)17-7-4-10-22(17)14-16-5-2-1-3-6-16/h1-3,5-6,15,17H,4,7-14H2,(H2,20,23)/t17-/m0/s1. The molecule has 0 bridgehead atoms. The summed E-state index contributed by atoms with van der Waals surface area (Å²) in [7, 11) is 0. The van der Waals surface area contributed by atoms with E-state index in [0.717, 1.165) is 51.9 Å². The van der Waals surface area contributed by atoms with E-state index in [1.54, 1.807) is 0 Å². The number of amides is 2. The van der Waals surface area contributed by atoms with Gasteiger partial charge in [-0.2, -0.15) is 0 Å². The van der Waals surface area contributed by atoms with Gasteiger partial charge in [0.05, 0.1) is 6.04 Å². The summed E-state index contributed by atoms with van der Waals surface area (Å²) in [6.07, 6.45) is 4.26. The van der Waals surface area contributed by atoms with Crippen molar-refractivity contribution in [3.63, 3.8) is 0 Å². The number of rotatable bonds is 5. The van der Waals surface area contributed by atoms with Crippen LogP contribution in [-0.2, 0) is 16.1 Å². The molecule has 2 saturated heterocycles. The molecule has 0 aliphatic carbocycles. The van der Waals surface area contributed by atoms with E-state index < -0.39 is 0 Å². The van der Waals surface area contributed by atoms with Crippen LogP contribution in [0.5, 0.6) is 0 Å². The highest BCUT2D eigenvalue weighted by Crippen LogP contribution is 2.25. The molecule has 0 spiro atoms. The van der Waals surface area contributed by atoms with Crippen molar-refractivity contribution < 1.29 is 9.59 Å². The molecule has 2 N–H and O–H groups in total. The van der Waals surface area contributed by atoms with Gasteiger partial charge >= 0.3 is 0 Å². The van der Waals surface area contributed by atoms with E-state index in [0.29, 0.717) is 12.3 Å². The highest BCUT2D eigenvalue weighted by molar-refractivity contribution is 5.82. The van der Waals surface area contributed by atoms with E-state index in [9.17, 15) is 9.59 Å². The zero-order chi connectivity index (χ0) is 16.9. The normalized spacial score (nSPS) is 22.7. The average molecular weight is 329 g/mol. The van der Waals surface area contributed by atoms with Crippen LogP contribution in [0.25, 0.3) is 0 Å². The van der Waals surface area contributed by atoms with Crippen LogP contribution in [0.3, 0.4) is 0 Å². The van der Waals surface area contributed by atoms with Crippen LogP contribution < -0.4 is 5.73 Å². The van der Waals surface area contributed by atoms with Crippen molar-refractivity contribution in [1.29, 1.82) is 0 Å². The van der Waals surface area contributed by atoms with Gasteiger partial charge in [-0.3, -0.25) is 14.5 Å². The summed E-state index contributed by atoms with van der Waals surface area (Å²) < 4.78 is 0. The molecule has 3 rings (SSSR count). The van der Waals surface area contributed by atoms with Gasteiger partial charge in [-0.1, -0.05) is 30.3 Å². The predicted octanol–water partition coefficient (Wildman–Crippen LogP) is 1.76. The molecule has 0 unspecified atom stereocenters. The second kappa shape index (κ2) is 7.79. The second-order valence-electron chi connectivity index (χ2n) is 7.05. The van der Waals surface area contributed by atoms with Crippen LogP contribution in [0.4, 0.5) is 0 Å². The summed E-state index contributed by atoms with van der Waals surface area (Å²) in [4.78, 5) is 28.3. The zero-order valence-electron chi connectivity index (χ0n) is 14.2. The number of benzene rings is 1. The zero-order valence-corrected chi connectivity index (χ0v) is 14.2. The fourth-order valence-corrected chi connectivity index (χ4v) is 3.97. The Hall–Kier alpha value is -1.88. The maximum atomic E-state index is 12.9. The maximum absolute atomic E-state index is 12.9. The van der Waals surface area contributed by atoms with Crippen LogP contribution in [0.1, 0.15) is 37.7 Å². The minimum absolute atomic E-state index is 0.0119. The number of likely N-dealkylation sites (tertiary alicyclic amines) is 2. The fourth-order valence-electron chi connectivity index (χ4n) is 3.97. The van der Waals surface area contributed by atoms with Crippen molar-refractivity contribution in [2.75, 3.05) is 19.6 Å². The molecule has 1 atom stereocenters. The van der Waals surface area contributed by atoms with Gasteiger partial charge < -0.3 is 10.6 Å². The van der Waals surface area contributed by atoms with E-state index in [1.165, 1.54) is 5.56 Å². The van der Waals surface area contributed by atoms with Gasteiger partial charge in [-0.25, -0.2) is 0 Å². The largest absolute Gasteiger partial charge is 0.370 e. The minimum atomic E-state index is -0.232. The number of hydrogen-bond donors (Lipinski definition) is 1. The van der Waals surface area contributed by atoms with E-state index in [2.05, 4.69) is 17.0 Å². The van der Waals surface area contributed by atoms with E-state index in [1.807, 2.05) is 23.1 Å². The molecule has 0 saturated carbocycles. The molecule has 1 aromatic carbocycles. The third kappa shape index (κ3) is 4.15. The highest BCUT2D eigenvalue weighted by Gasteiger charge is 2.35. The van der Waals surface area contributed by atoms with Gasteiger partial charge in [0, 0.05) is 26.1 Å². The van der Waals surface area contributed by atoms with Crippen molar-refractivity contribution in [3.05, 3.63) is 35.9 Å². The lowest BCUT2D eigenvalue weighted by atomic mass is 9.93. The van der Waals surface area contributed by atoms with Crippen LogP contribution in [0.2, 0.25) is 0 Å². The van der Waals surface area contributed by atoms with Crippen LogP contribution >= 0.6 is 0 Å². The van der Waals surface area contributed by atoms with Crippen LogP contribution in [0.15, 0.2) is 30.3 Å². The number of carbonyl (C=O) groups is 2. The molecule has 5 heteroatoms. The molecular weight excluding hydrogens is 302 g/mol. The van der Waals surface area contributed by atoms with Gasteiger partial charge in [0.25, 0.3) is 0 Å². The third-order valence-electron chi connectivity index (χ3n) is 5.29. The average Bonchev–Trinajstić information content (AvgIpc) is 3.03. The summed E-state index contributed by atoms with van der Waals surface area (Å²) >= 11 is 0. The smallest absolute Gasteiger partial charge is 0.239 e. The quantitative estimate of drug-likeness (QED) is 0.895. The van der Waals surface area contributed by atoms with Crippen molar-refractivity contribution in [3.8, 4) is 0 Å². The van der Waals surface area contributed by atoms with Crippen LogP contribution in [-0.4, -0.2) is 47.3 Å². The summed E-state index contributed by atoms with van der Waals surface area (Å²) in [6, 6.07) is 10.4. The summed E-state index contributed by atoms with van der Waals surface area (Å²) in [5, 5.41) is 0. The first-order valence-electron chi connectivity index (χ1n) is 8.98. The molecule has 2 fully saturated rings. The van der Waals surface area contributed by atoms with Gasteiger partial charge in [-0.15, -0.1) is 0 Å². The van der Waals surface area contributed by atoms with Crippen molar-refractivity contribution in [2.24, 2.45) is 11.7 Å². The summed E-state index contributed by atoms with van der Waals surface area (Å²) in [5.74, 6) is 0.376. The molecule has 24 heavy (non-hydrogen) atoms. The number of piperidine rings is 1. The van der Waals surface area contributed by atoms with Crippen LogP contribution in [0, 0.1) is 5.92 Å². The first kappa shape index (κ1) is 17.0. The predicted molar refractivity (Wildman–Crippen MR) is 93.0 cm³/mol. The lowest BCUT2D eigenvalue weighted by Crippen LogP contribution is -2.48. The molecule has 0 radical (unpaired) electrons. The Bertz CT molecular complexity index is 567. The summed E-state index contributed by atoms with van der Waals surface area (Å²) in [6.45, 7) is 3.34. The molecule has 1 aromatic rings. The molecule has 5 nitrogen and oxygen atoms in total. The lowest BCUT2D eigenvalue weighted by Gasteiger charge is -2.35. The lowest BCUT2D eigenvalue weighted by molar-refractivity contribution is -0.137. The number of primary amides is 1. The van der Waals surface area contributed by atoms with Gasteiger partial charge in [0.1, 0.15) is 0 Å². The second-order valence-corrected chi connectivity index (χ2v) is 7.05. The van der Waals surface area contributed by atoms with Crippen molar-refractivity contribution >= 4 is 11.8 Å². The Balaban J connectivity index is 1.55. The summed E-state index contributed by atoms with van der Waals surface area (Å²) in [5.41, 5.74) is 6.54. The number of carbonyl (C=O) groups excluding carboxylic acids is 2. The van der Waals surface area contributed by atoms with E-state index in [4.69, 9.17) is 5.73 Å². The number of nitrogens with two attached hydrogens (primary N) is 1. The van der Waals surface area contributed by atoms with Gasteiger partial charge in [0.2, 0.25) is 11.8 Å². The maximum Gasteiger partial charge on any atom is 0.239 e. The molecule has 2 amide bonds. The Kier molecular flexibility index (Phi) is 5.51. The van der Waals surface area contributed by atoms with E-state index >= 15 is 0 Å².